The van der Waals surface area contributed by atoms with Crippen molar-refractivity contribution in [3.63, 3.8) is 0 Å². The average molecular weight is 601 g/mol. The van der Waals surface area contributed by atoms with Crippen molar-refractivity contribution in [1.82, 2.24) is 35.5 Å². The van der Waals surface area contributed by atoms with E-state index >= 15 is 0 Å². The molecule has 2 amide bonds. The third-order valence-electron chi connectivity index (χ3n) is 7.16. The number of halogens is 1. The summed E-state index contributed by atoms with van der Waals surface area (Å²) >= 11 is 6.23. The van der Waals surface area contributed by atoms with Crippen LogP contribution in [-0.2, 0) is 9.53 Å². The van der Waals surface area contributed by atoms with Crippen molar-refractivity contribution in [2.75, 3.05) is 30.8 Å². The largest absolute Gasteiger partial charge is 0.453 e. The van der Waals surface area contributed by atoms with Crippen LogP contribution in [0.15, 0.2) is 53.8 Å². The van der Waals surface area contributed by atoms with Gasteiger partial charge in [0.25, 0.3) is 0 Å². The van der Waals surface area contributed by atoms with E-state index in [4.69, 9.17) is 21.3 Å². The van der Waals surface area contributed by atoms with Crippen LogP contribution < -0.4 is 16.0 Å². The lowest BCUT2D eigenvalue weighted by molar-refractivity contribution is -0.117. The second kappa shape index (κ2) is 12.4. The van der Waals surface area contributed by atoms with Crippen LogP contribution in [0, 0.1) is 0 Å². The maximum atomic E-state index is 13.2. The first-order valence-electron chi connectivity index (χ1n) is 13.9. The van der Waals surface area contributed by atoms with E-state index in [9.17, 15) is 9.59 Å². The molecule has 0 saturated carbocycles. The van der Waals surface area contributed by atoms with Crippen LogP contribution in [0.5, 0.6) is 0 Å². The number of tetrazole rings is 1. The number of benzene rings is 2. The summed E-state index contributed by atoms with van der Waals surface area (Å²) in [6.07, 6.45) is 7.58. The zero-order valence-corrected chi connectivity index (χ0v) is 24.1. The Balaban J connectivity index is 1.29. The maximum absolute atomic E-state index is 13.2. The minimum atomic E-state index is -0.544. The second-order valence-electron chi connectivity index (χ2n) is 10.1. The summed E-state index contributed by atoms with van der Waals surface area (Å²) in [4.78, 5) is 37.9. The molecular formula is C29H29ClN10O3. The zero-order valence-electron chi connectivity index (χ0n) is 23.3. The highest BCUT2D eigenvalue weighted by Gasteiger charge is 2.27. The third kappa shape index (κ3) is 6.56. The Morgan fingerprint density at radius 3 is 2.84 bits per heavy atom. The van der Waals surface area contributed by atoms with Gasteiger partial charge in [-0.25, -0.2) is 9.78 Å². The molecule has 0 fully saturated rings. The van der Waals surface area contributed by atoms with Gasteiger partial charge in [0.1, 0.15) is 12.2 Å². The number of imidazole rings is 1. The van der Waals surface area contributed by atoms with Gasteiger partial charge in [-0.1, -0.05) is 24.4 Å². The number of H-pyrrole nitrogens is 1. The van der Waals surface area contributed by atoms with E-state index in [1.165, 1.54) is 24.2 Å². The fourth-order valence-corrected chi connectivity index (χ4v) is 5.16. The summed E-state index contributed by atoms with van der Waals surface area (Å²) in [6.45, 7) is 1.37. The van der Waals surface area contributed by atoms with Crippen molar-refractivity contribution in [2.45, 2.75) is 31.7 Å². The van der Waals surface area contributed by atoms with Crippen LogP contribution in [0.2, 0.25) is 5.02 Å². The molecular weight excluding hydrogens is 572 g/mol. The number of methoxy groups -OCH3 is 1. The van der Waals surface area contributed by atoms with E-state index < -0.39 is 6.09 Å². The molecule has 0 aliphatic carbocycles. The van der Waals surface area contributed by atoms with Crippen LogP contribution in [0.25, 0.3) is 23.0 Å². The molecule has 43 heavy (non-hydrogen) atoms. The fourth-order valence-electron chi connectivity index (χ4n) is 4.98. The lowest BCUT2D eigenvalue weighted by atomic mass is 10.0. The first kappa shape index (κ1) is 28.1. The average Bonchev–Trinajstić information content (AvgIpc) is 3.51. The molecule has 6 rings (SSSR count). The molecule has 13 nitrogen and oxygen atoms in total. The molecule has 0 spiro atoms. The number of ether oxygens (including phenoxy) is 1. The number of hydrogen-bond acceptors (Lipinski definition) is 9. The molecule has 2 aliphatic rings. The van der Waals surface area contributed by atoms with Gasteiger partial charge in [0, 0.05) is 40.1 Å². The fraction of sp³-hybridized carbons (Fsp3) is 0.276. The van der Waals surface area contributed by atoms with Crippen molar-refractivity contribution in [1.29, 1.82) is 0 Å². The van der Waals surface area contributed by atoms with Gasteiger partial charge in [-0.05, 0) is 65.7 Å². The van der Waals surface area contributed by atoms with E-state index in [1.54, 1.807) is 30.3 Å². The molecule has 4 heterocycles. The predicted molar refractivity (Wildman–Crippen MR) is 162 cm³/mol. The summed E-state index contributed by atoms with van der Waals surface area (Å²) in [5.41, 5.74) is 6.16. The number of hydrogen-bond donors (Lipinski definition) is 4. The predicted octanol–water partition coefficient (Wildman–Crippen LogP) is 4.54. The first-order chi connectivity index (χ1) is 21.0. The van der Waals surface area contributed by atoms with E-state index in [-0.39, 0.29) is 11.9 Å². The topological polar surface area (TPSA) is 164 Å². The summed E-state index contributed by atoms with van der Waals surface area (Å²) in [6, 6.07) is 10.5. The lowest BCUT2D eigenvalue weighted by Crippen LogP contribution is -2.28. The van der Waals surface area contributed by atoms with Crippen molar-refractivity contribution in [3.05, 3.63) is 70.9 Å². The van der Waals surface area contributed by atoms with Gasteiger partial charge in [-0.15, -0.1) is 5.10 Å². The van der Waals surface area contributed by atoms with Gasteiger partial charge in [0.15, 0.2) is 0 Å². The van der Waals surface area contributed by atoms with Gasteiger partial charge in [0.05, 0.1) is 42.5 Å². The first-order valence-corrected chi connectivity index (χ1v) is 14.2. The van der Waals surface area contributed by atoms with Crippen LogP contribution in [0.4, 0.5) is 16.2 Å². The molecule has 0 unspecified atom stereocenters. The van der Waals surface area contributed by atoms with E-state index in [2.05, 4.69) is 41.5 Å². The Labute approximate surface area is 251 Å². The van der Waals surface area contributed by atoms with Gasteiger partial charge in [-0.3, -0.25) is 15.1 Å². The number of aliphatic imine (C=N–C) groups is 1. The summed E-state index contributed by atoms with van der Waals surface area (Å²) in [5, 5.41) is 21.2. The molecule has 14 heteroatoms. The molecule has 220 valence electrons. The standard InChI is InChI=1S/C29H29ClN10O3/c1-43-29(42)34-19-8-9-20-22(14-19)31-12-4-2-3-5-21(28-36-26(20)27(37-28)23-15-32-23)35-25(41)11-6-17-13-18(30)7-10-24(17)40-16-33-38-39-40/h6-11,13-14,16,21,31H,2-5,12,15H2,1H3,(H,34,42)(H,35,41)(H,36,37)/b11-6+/t21-/m0/s1. The smallest absolute Gasteiger partial charge is 0.411 e. The van der Waals surface area contributed by atoms with E-state index in [1.807, 2.05) is 12.1 Å². The van der Waals surface area contributed by atoms with Gasteiger partial charge >= 0.3 is 6.09 Å². The van der Waals surface area contributed by atoms with Crippen LogP contribution >= 0.6 is 11.6 Å². The normalized spacial score (nSPS) is 16.2. The number of carbonyl (C=O) groups excluding carboxylic acids is 2. The summed E-state index contributed by atoms with van der Waals surface area (Å²) < 4.78 is 6.26. The van der Waals surface area contributed by atoms with Gasteiger partial charge < -0.3 is 20.4 Å². The zero-order chi connectivity index (χ0) is 29.8. The Bertz CT molecular complexity index is 1710. The highest BCUT2D eigenvalue weighted by molar-refractivity contribution is 6.30. The van der Waals surface area contributed by atoms with Crippen molar-refractivity contribution in [2.24, 2.45) is 4.99 Å². The maximum Gasteiger partial charge on any atom is 0.411 e. The number of carbonyl (C=O) groups is 2. The van der Waals surface area contributed by atoms with Crippen LogP contribution in [-0.4, -0.2) is 68.1 Å². The van der Waals surface area contributed by atoms with Crippen LogP contribution in [0.3, 0.4) is 0 Å². The number of anilines is 2. The Morgan fingerprint density at radius 1 is 1.16 bits per heavy atom. The van der Waals surface area contributed by atoms with E-state index in [0.29, 0.717) is 40.8 Å². The Kier molecular flexibility index (Phi) is 8.13. The second-order valence-corrected chi connectivity index (χ2v) is 10.6. The minimum absolute atomic E-state index is 0.274. The van der Waals surface area contributed by atoms with Crippen molar-refractivity contribution >= 4 is 46.8 Å². The Morgan fingerprint density at radius 2 is 2.05 bits per heavy atom. The number of aromatic amines is 1. The molecule has 4 aromatic rings. The highest BCUT2D eigenvalue weighted by Crippen LogP contribution is 2.35. The quantitative estimate of drug-likeness (QED) is 0.234. The monoisotopic (exact) mass is 600 g/mol. The molecule has 2 aromatic carbocycles. The summed E-state index contributed by atoms with van der Waals surface area (Å²) in [7, 11) is 1.32. The Hall–Kier alpha value is -5.04. The van der Waals surface area contributed by atoms with Crippen LogP contribution in [0.1, 0.15) is 48.8 Å². The molecule has 0 saturated heterocycles. The number of nitrogens with zero attached hydrogens (tertiary/aromatic N) is 6. The minimum Gasteiger partial charge on any atom is -0.453 e. The third-order valence-corrected chi connectivity index (χ3v) is 7.40. The number of aromatic nitrogens is 6. The number of nitrogens with one attached hydrogen (secondary N) is 4. The number of fused-ring (bicyclic) bond motifs is 4. The number of rotatable bonds is 6. The lowest BCUT2D eigenvalue weighted by Gasteiger charge is -2.17. The summed E-state index contributed by atoms with van der Waals surface area (Å²) in [5.74, 6) is 0.380. The molecule has 1 atom stereocenters. The van der Waals surface area contributed by atoms with Gasteiger partial charge in [-0.2, -0.15) is 4.68 Å². The highest BCUT2D eigenvalue weighted by atomic mass is 35.5. The molecule has 2 aliphatic heterocycles. The van der Waals surface area contributed by atoms with Crippen molar-refractivity contribution < 1.29 is 14.3 Å². The van der Waals surface area contributed by atoms with Gasteiger partial charge in [0.2, 0.25) is 5.91 Å². The molecule has 2 bridgehead atoms. The van der Waals surface area contributed by atoms with E-state index in [0.717, 1.165) is 54.2 Å². The van der Waals surface area contributed by atoms with Crippen molar-refractivity contribution in [3.8, 4) is 16.9 Å². The molecule has 0 radical (unpaired) electrons. The number of amides is 2. The SMILES string of the molecule is COC(=O)Nc1ccc2c(c1)NCCCCC[C@H](NC(=O)/C=C/c1cc(Cl)ccc1-n1cnnn1)c1nc-2c(C2=NC2)[nH]1. The molecule has 4 N–H and O–H groups in total. The molecule has 2 aromatic heterocycles.